The number of carbonyl (C=O) groups excluding carboxylic acids is 1. The molecule has 0 radical (unpaired) electrons. The van der Waals surface area contributed by atoms with Crippen LogP contribution in [0.15, 0.2) is 59.5 Å². The smallest absolute Gasteiger partial charge is 0.243 e. The lowest BCUT2D eigenvalue weighted by atomic mass is 10.3. The van der Waals surface area contributed by atoms with Crippen molar-refractivity contribution in [2.75, 3.05) is 18.9 Å². The van der Waals surface area contributed by atoms with Gasteiger partial charge in [0.25, 0.3) is 0 Å². The van der Waals surface area contributed by atoms with Crippen LogP contribution in [0.3, 0.4) is 0 Å². The zero-order chi connectivity index (χ0) is 16.2. The predicted octanol–water partition coefficient (Wildman–Crippen LogP) is 2.55. The van der Waals surface area contributed by atoms with Crippen molar-refractivity contribution in [1.82, 2.24) is 4.31 Å². The molecular formula is C15H15IN2O3S. The Morgan fingerprint density at radius 2 is 1.68 bits per heavy atom. The van der Waals surface area contributed by atoms with Crippen LogP contribution in [0.1, 0.15) is 0 Å². The van der Waals surface area contributed by atoms with Crippen molar-refractivity contribution in [3.63, 3.8) is 0 Å². The number of halogens is 1. The molecule has 2 aromatic carbocycles. The van der Waals surface area contributed by atoms with Gasteiger partial charge in [-0.15, -0.1) is 0 Å². The molecule has 1 N–H and O–H groups in total. The van der Waals surface area contributed by atoms with Crippen molar-refractivity contribution in [1.29, 1.82) is 0 Å². The van der Waals surface area contributed by atoms with Crippen LogP contribution >= 0.6 is 22.6 Å². The van der Waals surface area contributed by atoms with E-state index in [-0.39, 0.29) is 17.3 Å². The molecule has 5 nitrogen and oxygen atoms in total. The van der Waals surface area contributed by atoms with E-state index in [9.17, 15) is 13.2 Å². The van der Waals surface area contributed by atoms with Gasteiger partial charge in [0, 0.05) is 16.3 Å². The minimum atomic E-state index is -3.66. The van der Waals surface area contributed by atoms with E-state index in [0.29, 0.717) is 5.69 Å². The first-order valence-corrected chi connectivity index (χ1v) is 8.98. The third-order valence-corrected chi connectivity index (χ3v) is 5.48. The molecule has 116 valence electrons. The molecule has 0 saturated carbocycles. The van der Waals surface area contributed by atoms with Crippen LogP contribution in [0.5, 0.6) is 0 Å². The highest BCUT2D eigenvalue weighted by molar-refractivity contribution is 14.1. The molecule has 0 aliphatic rings. The third-order valence-electron chi connectivity index (χ3n) is 2.95. The number of sulfonamides is 1. The molecule has 2 aromatic rings. The van der Waals surface area contributed by atoms with Crippen LogP contribution in [-0.4, -0.2) is 32.2 Å². The van der Waals surface area contributed by atoms with Gasteiger partial charge in [0.2, 0.25) is 15.9 Å². The molecule has 0 spiro atoms. The highest BCUT2D eigenvalue weighted by atomic mass is 127. The molecule has 0 aliphatic carbocycles. The molecule has 0 atom stereocenters. The number of nitrogens with one attached hydrogen (secondary N) is 1. The molecule has 2 rings (SSSR count). The minimum Gasteiger partial charge on any atom is -0.325 e. The van der Waals surface area contributed by atoms with E-state index < -0.39 is 10.0 Å². The summed E-state index contributed by atoms with van der Waals surface area (Å²) < 4.78 is 26.7. The Balaban J connectivity index is 2.03. The average molecular weight is 430 g/mol. The van der Waals surface area contributed by atoms with Gasteiger partial charge in [-0.2, -0.15) is 4.31 Å². The fraction of sp³-hybridized carbons (Fsp3) is 0.133. The summed E-state index contributed by atoms with van der Waals surface area (Å²) in [5.74, 6) is -0.386. The van der Waals surface area contributed by atoms with Crippen LogP contribution in [0.25, 0.3) is 0 Å². The van der Waals surface area contributed by atoms with Crippen molar-refractivity contribution in [2.45, 2.75) is 4.90 Å². The van der Waals surface area contributed by atoms with E-state index in [0.717, 1.165) is 7.88 Å². The Kier molecular flexibility index (Phi) is 5.54. The molecule has 0 unspecified atom stereocenters. The number of nitrogens with zero attached hydrogens (tertiary/aromatic N) is 1. The maximum Gasteiger partial charge on any atom is 0.243 e. The van der Waals surface area contributed by atoms with Crippen molar-refractivity contribution in [2.24, 2.45) is 0 Å². The van der Waals surface area contributed by atoms with Crippen LogP contribution in [0, 0.1) is 3.57 Å². The van der Waals surface area contributed by atoms with E-state index in [4.69, 9.17) is 0 Å². The average Bonchev–Trinajstić information content (AvgIpc) is 2.50. The van der Waals surface area contributed by atoms with Gasteiger partial charge >= 0.3 is 0 Å². The van der Waals surface area contributed by atoms with Crippen molar-refractivity contribution < 1.29 is 13.2 Å². The second-order valence-electron chi connectivity index (χ2n) is 4.63. The molecule has 0 aliphatic heterocycles. The highest BCUT2D eigenvalue weighted by Gasteiger charge is 2.22. The molecule has 0 fully saturated rings. The normalized spacial score (nSPS) is 11.4. The van der Waals surface area contributed by atoms with Crippen LogP contribution in [0.2, 0.25) is 0 Å². The molecule has 7 heteroatoms. The summed E-state index contributed by atoms with van der Waals surface area (Å²) >= 11 is 2.17. The topological polar surface area (TPSA) is 66.5 Å². The molecule has 0 bridgehead atoms. The molecule has 0 saturated heterocycles. The fourth-order valence-corrected chi connectivity index (χ4v) is 3.30. The first-order chi connectivity index (χ1) is 10.4. The molecule has 0 aromatic heterocycles. The zero-order valence-electron chi connectivity index (χ0n) is 11.9. The van der Waals surface area contributed by atoms with Gasteiger partial charge in [0.05, 0.1) is 11.4 Å². The van der Waals surface area contributed by atoms with E-state index in [1.807, 2.05) is 12.1 Å². The SMILES string of the molecule is CN(CC(=O)Nc1ccc(I)cc1)S(=O)(=O)c1ccccc1. The number of benzene rings is 2. The number of amides is 1. The second kappa shape index (κ2) is 7.21. The van der Waals surface area contributed by atoms with Crippen molar-refractivity contribution >= 4 is 44.2 Å². The number of likely N-dealkylation sites (N-methyl/N-ethyl adjacent to an activating group) is 1. The Labute approximate surface area is 143 Å². The molecular weight excluding hydrogens is 415 g/mol. The minimum absolute atomic E-state index is 0.166. The Bertz CT molecular complexity index is 746. The lowest BCUT2D eigenvalue weighted by molar-refractivity contribution is -0.116. The lowest BCUT2D eigenvalue weighted by Gasteiger charge is -2.16. The van der Waals surface area contributed by atoms with Gasteiger partial charge in [0.15, 0.2) is 0 Å². The summed E-state index contributed by atoms with van der Waals surface area (Å²) in [5.41, 5.74) is 0.635. The van der Waals surface area contributed by atoms with Gasteiger partial charge in [-0.3, -0.25) is 4.79 Å². The number of carbonyl (C=O) groups is 1. The first-order valence-electron chi connectivity index (χ1n) is 6.46. The van der Waals surface area contributed by atoms with Gasteiger partial charge in [-0.1, -0.05) is 18.2 Å². The fourth-order valence-electron chi connectivity index (χ4n) is 1.79. The zero-order valence-corrected chi connectivity index (χ0v) is 14.8. The largest absolute Gasteiger partial charge is 0.325 e. The van der Waals surface area contributed by atoms with E-state index >= 15 is 0 Å². The van der Waals surface area contributed by atoms with Gasteiger partial charge in [-0.25, -0.2) is 8.42 Å². The summed E-state index contributed by atoms with van der Waals surface area (Å²) in [4.78, 5) is 12.1. The molecule has 0 heterocycles. The number of rotatable bonds is 5. The first kappa shape index (κ1) is 16.9. The van der Waals surface area contributed by atoms with E-state index in [1.54, 1.807) is 30.3 Å². The quantitative estimate of drug-likeness (QED) is 0.742. The maximum absolute atomic E-state index is 12.3. The third kappa shape index (κ3) is 4.28. The standard InChI is InChI=1S/C15H15IN2O3S/c1-18(22(20,21)14-5-3-2-4-6-14)11-15(19)17-13-9-7-12(16)8-10-13/h2-10H,11H2,1H3,(H,17,19). The maximum atomic E-state index is 12.3. The van der Waals surface area contributed by atoms with Gasteiger partial charge < -0.3 is 5.32 Å². The highest BCUT2D eigenvalue weighted by Crippen LogP contribution is 2.14. The number of hydrogen-bond acceptors (Lipinski definition) is 3. The Hall–Kier alpha value is -1.45. The van der Waals surface area contributed by atoms with Gasteiger partial charge in [-0.05, 0) is 59.0 Å². The van der Waals surface area contributed by atoms with Crippen LogP contribution < -0.4 is 5.32 Å². The number of hydrogen-bond donors (Lipinski definition) is 1. The predicted molar refractivity (Wildman–Crippen MR) is 94.0 cm³/mol. The van der Waals surface area contributed by atoms with Gasteiger partial charge in [0.1, 0.15) is 0 Å². The summed E-state index contributed by atoms with van der Waals surface area (Å²) in [7, 11) is -2.28. The monoisotopic (exact) mass is 430 g/mol. The second-order valence-corrected chi connectivity index (χ2v) is 7.92. The Morgan fingerprint density at radius 3 is 2.27 bits per heavy atom. The summed E-state index contributed by atoms with van der Waals surface area (Å²) in [6, 6.07) is 15.3. The summed E-state index contributed by atoms with van der Waals surface area (Å²) in [6.07, 6.45) is 0. The van der Waals surface area contributed by atoms with Crippen molar-refractivity contribution in [3.05, 3.63) is 58.2 Å². The van der Waals surface area contributed by atoms with E-state index in [2.05, 4.69) is 27.9 Å². The van der Waals surface area contributed by atoms with Crippen molar-refractivity contribution in [3.8, 4) is 0 Å². The van der Waals surface area contributed by atoms with E-state index in [1.165, 1.54) is 19.2 Å². The molecule has 1 amide bonds. The lowest BCUT2D eigenvalue weighted by Crippen LogP contribution is -2.34. The Morgan fingerprint density at radius 1 is 1.09 bits per heavy atom. The molecule has 22 heavy (non-hydrogen) atoms. The number of anilines is 1. The summed E-state index contributed by atoms with van der Waals surface area (Å²) in [6.45, 7) is -0.247. The summed E-state index contributed by atoms with van der Waals surface area (Å²) in [5, 5.41) is 2.68. The van der Waals surface area contributed by atoms with Crippen LogP contribution in [0.4, 0.5) is 5.69 Å². The van der Waals surface area contributed by atoms with Crippen LogP contribution in [-0.2, 0) is 14.8 Å².